The summed E-state index contributed by atoms with van der Waals surface area (Å²) in [5, 5.41) is 0. The maximum atomic E-state index is 4.56. The van der Waals surface area contributed by atoms with Gasteiger partial charge in [0.15, 0.2) is 0 Å². The Hall–Kier alpha value is -2.11. The standard InChI is InChI=1S/C17H19N/c1-6-10-17(18-15(5)13(3)7-2)16-12-9-8-11-14(16)4/h6,8-12H,2,5H2,1,3-4H3/b10-6-,18-17+. The van der Waals surface area contributed by atoms with Gasteiger partial charge in [0.25, 0.3) is 0 Å². The first kappa shape index (κ1) is 14.0. The zero-order valence-corrected chi connectivity index (χ0v) is 11.3. The minimum absolute atomic E-state index is 0.696. The Morgan fingerprint density at radius 2 is 2.00 bits per heavy atom. The van der Waals surface area contributed by atoms with Gasteiger partial charge >= 0.3 is 0 Å². The zero-order chi connectivity index (χ0) is 13.5. The minimum Gasteiger partial charge on any atom is -0.248 e. The van der Waals surface area contributed by atoms with Gasteiger partial charge in [-0.2, -0.15) is 0 Å². The summed E-state index contributed by atoms with van der Waals surface area (Å²) in [7, 11) is 0. The number of aryl methyl sites for hydroxylation is 1. The van der Waals surface area contributed by atoms with Gasteiger partial charge in [-0.3, -0.25) is 0 Å². The molecule has 0 N–H and O–H groups in total. The average molecular weight is 237 g/mol. The molecule has 0 aliphatic heterocycles. The van der Waals surface area contributed by atoms with E-state index in [1.807, 2.05) is 38.1 Å². The fourth-order valence-corrected chi connectivity index (χ4v) is 1.54. The maximum absolute atomic E-state index is 4.56. The number of benzene rings is 1. The SMILES string of the molecule is C=C=C(C)C(=C)/N=C(\C=C/C)c1ccccc1C. The first-order chi connectivity index (χ1) is 8.60. The predicted octanol–water partition coefficient (Wildman–Crippen LogP) is 4.61. The second kappa shape index (κ2) is 6.58. The van der Waals surface area contributed by atoms with Crippen LogP contribution in [0.5, 0.6) is 0 Å². The highest BCUT2D eigenvalue weighted by atomic mass is 14.8. The third-order valence-corrected chi connectivity index (χ3v) is 2.70. The van der Waals surface area contributed by atoms with Gasteiger partial charge in [0.2, 0.25) is 0 Å². The van der Waals surface area contributed by atoms with Crippen LogP contribution in [0, 0.1) is 6.92 Å². The molecule has 0 aliphatic rings. The van der Waals surface area contributed by atoms with Crippen molar-refractivity contribution in [3.05, 3.63) is 77.7 Å². The fraction of sp³-hybridized carbons (Fsp3) is 0.176. The first-order valence-electron chi connectivity index (χ1n) is 5.93. The number of allylic oxidation sites excluding steroid dienone is 3. The Morgan fingerprint density at radius 3 is 2.56 bits per heavy atom. The van der Waals surface area contributed by atoms with Crippen LogP contribution >= 0.6 is 0 Å². The van der Waals surface area contributed by atoms with Crippen molar-refractivity contribution in [2.75, 3.05) is 0 Å². The van der Waals surface area contributed by atoms with Crippen molar-refractivity contribution in [2.45, 2.75) is 20.8 Å². The third-order valence-electron chi connectivity index (χ3n) is 2.70. The highest BCUT2D eigenvalue weighted by Crippen LogP contribution is 2.14. The fourth-order valence-electron chi connectivity index (χ4n) is 1.54. The summed E-state index contributed by atoms with van der Waals surface area (Å²) >= 11 is 0. The van der Waals surface area contributed by atoms with Crippen molar-refractivity contribution in [3.8, 4) is 0 Å². The topological polar surface area (TPSA) is 12.4 Å². The van der Waals surface area contributed by atoms with Gasteiger partial charge in [0.1, 0.15) is 0 Å². The van der Waals surface area contributed by atoms with Crippen LogP contribution in [0.25, 0.3) is 0 Å². The van der Waals surface area contributed by atoms with Crippen molar-refractivity contribution in [2.24, 2.45) is 4.99 Å². The first-order valence-corrected chi connectivity index (χ1v) is 5.93. The van der Waals surface area contributed by atoms with Crippen molar-refractivity contribution in [1.82, 2.24) is 0 Å². The second-order valence-electron chi connectivity index (χ2n) is 4.06. The molecule has 0 aromatic heterocycles. The Labute approximate surface area is 110 Å². The highest BCUT2D eigenvalue weighted by molar-refractivity contribution is 6.10. The van der Waals surface area contributed by atoms with E-state index in [1.54, 1.807) is 0 Å². The van der Waals surface area contributed by atoms with Crippen LogP contribution in [-0.4, -0.2) is 5.71 Å². The number of rotatable bonds is 4. The lowest BCUT2D eigenvalue weighted by atomic mass is 10.0. The number of nitrogens with zero attached hydrogens (tertiary/aromatic N) is 1. The van der Waals surface area contributed by atoms with E-state index in [9.17, 15) is 0 Å². The summed E-state index contributed by atoms with van der Waals surface area (Å²) in [5.74, 6) is 0. The lowest BCUT2D eigenvalue weighted by Gasteiger charge is -2.07. The van der Waals surface area contributed by atoms with Crippen LogP contribution in [0.2, 0.25) is 0 Å². The monoisotopic (exact) mass is 237 g/mol. The molecule has 0 spiro atoms. The molecule has 1 nitrogen and oxygen atoms in total. The van der Waals surface area contributed by atoms with Gasteiger partial charge in [-0.15, -0.1) is 5.73 Å². The number of hydrogen-bond donors (Lipinski definition) is 0. The van der Waals surface area contributed by atoms with E-state index >= 15 is 0 Å². The van der Waals surface area contributed by atoms with Crippen LogP contribution < -0.4 is 0 Å². The molecule has 0 amide bonds. The zero-order valence-electron chi connectivity index (χ0n) is 11.3. The van der Waals surface area contributed by atoms with Gasteiger partial charge < -0.3 is 0 Å². The van der Waals surface area contributed by atoms with Crippen molar-refractivity contribution in [1.29, 1.82) is 0 Å². The molecule has 0 heterocycles. The highest BCUT2D eigenvalue weighted by Gasteiger charge is 2.04. The smallest absolute Gasteiger partial charge is 0.0708 e. The van der Waals surface area contributed by atoms with Gasteiger partial charge in [-0.25, -0.2) is 4.99 Å². The van der Waals surface area contributed by atoms with Gasteiger partial charge in [0.05, 0.1) is 11.4 Å². The molecule has 0 radical (unpaired) electrons. The molecule has 92 valence electrons. The van der Waals surface area contributed by atoms with Crippen molar-refractivity contribution in [3.63, 3.8) is 0 Å². The summed E-state index contributed by atoms with van der Waals surface area (Å²) in [6.45, 7) is 13.5. The molecule has 0 unspecified atom stereocenters. The molecular formula is C17H19N. The quantitative estimate of drug-likeness (QED) is 0.412. The Kier molecular flexibility index (Phi) is 5.10. The molecule has 0 aliphatic carbocycles. The predicted molar refractivity (Wildman–Crippen MR) is 80.0 cm³/mol. The van der Waals surface area contributed by atoms with E-state index in [1.165, 1.54) is 5.56 Å². The normalized spacial score (nSPS) is 11.4. The lowest BCUT2D eigenvalue weighted by Crippen LogP contribution is -2.00. The lowest BCUT2D eigenvalue weighted by molar-refractivity contribution is 1.30. The number of hydrogen-bond acceptors (Lipinski definition) is 1. The van der Waals surface area contributed by atoms with Crippen LogP contribution in [-0.2, 0) is 0 Å². The molecule has 1 aromatic rings. The maximum Gasteiger partial charge on any atom is 0.0708 e. The average Bonchev–Trinajstić information content (AvgIpc) is 2.37. The molecule has 0 saturated heterocycles. The Bertz CT molecular complexity index is 553. The van der Waals surface area contributed by atoms with E-state index in [2.05, 4.69) is 42.9 Å². The Morgan fingerprint density at radius 1 is 1.33 bits per heavy atom. The molecule has 1 aromatic carbocycles. The third kappa shape index (κ3) is 3.44. The molecule has 0 bridgehead atoms. The van der Waals surface area contributed by atoms with Crippen LogP contribution in [0.1, 0.15) is 25.0 Å². The van der Waals surface area contributed by atoms with Crippen molar-refractivity contribution >= 4 is 5.71 Å². The summed E-state index contributed by atoms with van der Waals surface area (Å²) in [4.78, 5) is 4.56. The Balaban J connectivity index is 3.28. The molecule has 18 heavy (non-hydrogen) atoms. The van der Waals surface area contributed by atoms with Crippen LogP contribution in [0.3, 0.4) is 0 Å². The molecule has 1 heteroatoms. The minimum atomic E-state index is 0.696. The van der Waals surface area contributed by atoms with Crippen molar-refractivity contribution < 1.29 is 0 Å². The summed E-state index contributed by atoms with van der Waals surface area (Å²) < 4.78 is 0. The van der Waals surface area contributed by atoms with Crippen LogP contribution in [0.4, 0.5) is 0 Å². The van der Waals surface area contributed by atoms with E-state index in [0.29, 0.717) is 5.70 Å². The second-order valence-corrected chi connectivity index (χ2v) is 4.06. The van der Waals surface area contributed by atoms with E-state index in [4.69, 9.17) is 0 Å². The summed E-state index contributed by atoms with van der Waals surface area (Å²) in [6.07, 6.45) is 3.97. The summed E-state index contributed by atoms with van der Waals surface area (Å²) in [5.41, 5.74) is 7.60. The number of aliphatic imine (C=N–C) groups is 1. The van der Waals surface area contributed by atoms with E-state index in [0.717, 1.165) is 16.8 Å². The van der Waals surface area contributed by atoms with E-state index < -0.39 is 0 Å². The van der Waals surface area contributed by atoms with Gasteiger partial charge in [-0.05, 0) is 32.4 Å². The van der Waals surface area contributed by atoms with Gasteiger partial charge in [0, 0.05) is 11.1 Å². The molecule has 0 saturated carbocycles. The van der Waals surface area contributed by atoms with Crippen LogP contribution in [0.15, 0.2) is 71.6 Å². The van der Waals surface area contributed by atoms with Gasteiger partial charge in [-0.1, -0.05) is 43.5 Å². The molecule has 0 fully saturated rings. The molecule has 0 atom stereocenters. The summed E-state index contributed by atoms with van der Waals surface area (Å²) in [6, 6.07) is 8.18. The largest absolute Gasteiger partial charge is 0.248 e. The molecular weight excluding hydrogens is 218 g/mol. The van der Waals surface area contributed by atoms with E-state index in [-0.39, 0.29) is 0 Å². The molecule has 1 rings (SSSR count).